The molecule has 0 bridgehead atoms. The Hall–Kier alpha value is -3.22. The van der Waals surface area contributed by atoms with Gasteiger partial charge in [0.1, 0.15) is 17.7 Å². The van der Waals surface area contributed by atoms with E-state index in [0.717, 1.165) is 23.0 Å². The molecule has 0 spiro atoms. The lowest BCUT2D eigenvalue weighted by molar-refractivity contribution is -0.141. The molecule has 0 aliphatic carbocycles. The molecule has 1 amide bonds. The number of halogens is 2. The first-order valence-electron chi connectivity index (χ1n) is 7.94. The van der Waals surface area contributed by atoms with Crippen molar-refractivity contribution in [2.75, 3.05) is 0 Å². The predicted molar refractivity (Wildman–Crippen MR) is 91.6 cm³/mol. The lowest BCUT2D eigenvalue weighted by Gasteiger charge is -2.14. The van der Waals surface area contributed by atoms with Crippen LogP contribution in [0.3, 0.4) is 0 Å². The Labute approximate surface area is 147 Å². The maximum atomic E-state index is 13.2. The standard InChI is InChI=1S/C19H16F2N2O3/c20-13-5-11(6-14(21)9-13)7-18(24)23-17(19(25)26)10-15-8-12-3-1-2-4-16(12)22-15/h1-6,8-9,17,22H,7,10H2,(H,23,24)(H,25,26)/t17-/m0/s1. The van der Waals surface area contributed by atoms with Crippen LogP contribution in [-0.4, -0.2) is 28.0 Å². The van der Waals surface area contributed by atoms with Crippen molar-refractivity contribution in [2.24, 2.45) is 0 Å². The van der Waals surface area contributed by atoms with Crippen LogP contribution in [0.15, 0.2) is 48.5 Å². The first-order valence-corrected chi connectivity index (χ1v) is 7.94. The van der Waals surface area contributed by atoms with Gasteiger partial charge < -0.3 is 15.4 Å². The molecule has 3 rings (SSSR count). The number of hydrogen-bond donors (Lipinski definition) is 3. The van der Waals surface area contributed by atoms with Crippen molar-refractivity contribution >= 4 is 22.8 Å². The lowest BCUT2D eigenvalue weighted by Crippen LogP contribution is -2.43. The summed E-state index contributed by atoms with van der Waals surface area (Å²) in [6.07, 6.45) is -0.252. The minimum absolute atomic E-state index is 0.0628. The molecule has 3 N–H and O–H groups in total. The smallest absolute Gasteiger partial charge is 0.326 e. The third kappa shape index (κ3) is 4.24. The Morgan fingerprint density at radius 1 is 1.08 bits per heavy atom. The fourth-order valence-electron chi connectivity index (χ4n) is 2.81. The van der Waals surface area contributed by atoms with E-state index in [4.69, 9.17) is 0 Å². The number of carboxylic acids is 1. The van der Waals surface area contributed by atoms with Crippen molar-refractivity contribution in [1.82, 2.24) is 10.3 Å². The third-order valence-corrected chi connectivity index (χ3v) is 3.93. The quantitative estimate of drug-likeness (QED) is 0.634. The molecule has 2 aromatic carbocycles. The summed E-state index contributed by atoms with van der Waals surface area (Å²) in [7, 11) is 0. The van der Waals surface area contributed by atoms with Crippen LogP contribution in [0.25, 0.3) is 10.9 Å². The average Bonchev–Trinajstić information content (AvgIpc) is 2.95. The summed E-state index contributed by atoms with van der Waals surface area (Å²) in [6, 6.07) is 10.9. The molecule has 3 aromatic rings. The summed E-state index contributed by atoms with van der Waals surface area (Å²) >= 11 is 0. The molecule has 1 aromatic heterocycles. The van der Waals surface area contributed by atoms with Gasteiger partial charge in [-0.05, 0) is 35.2 Å². The van der Waals surface area contributed by atoms with Gasteiger partial charge in [0.25, 0.3) is 0 Å². The number of fused-ring (bicyclic) bond motifs is 1. The van der Waals surface area contributed by atoms with Crippen molar-refractivity contribution in [2.45, 2.75) is 18.9 Å². The number of para-hydroxylation sites is 1. The van der Waals surface area contributed by atoms with Crippen LogP contribution in [-0.2, 0) is 22.4 Å². The number of carbonyl (C=O) groups excluding carboxylic acids is 1. The number of aromatic nitrogens is 1. The molecule has 1 heterocycles. The highest BCUT2D eigenvalue weighted by molar-refractivity contribution is 5.85. The topological polar surface area (TPSA) is 82.2 Å². The maximum absolute atomic E-state index is 13.2. The monoisotopic (exact) mass is 358 g/mol. The normalized spacial score (nSPS) is 12.1. The Kier molecular flexibility index (Phi) is 4.97. The number of carbonyl (C=O) groups is 2. The van der Waals surface area contributed by atoms with Gasteiger partial charge in [-0.2, -0.15) is 0 Å². The fraction of sp³-hybridized carbons (Fsp3) is 0.158. The van der Waals surface area contributed by atoms with E-state index in [-0.39, 0.29) is 18.4 Å². The van der Waals surface area contributed by atoms with Crippen LogP contribution < -0.4 is 5.32 Å². The number of H-pyrrole nitrogens is 1. The summed E-state index contributed by atoms with van der Waals surface area (Å²) < 4.78 is 26.4. The number of rotatable bonds is 6. The fourth-order valence-corrected chi connectivity index (χ4v) is 2.81. The van der Waals surface area contributed by atoms with E-state index >= 15 is 0 Å². The summed E-state index contributed by atoms with van der Waals surface area (Å²) in [5, 5.41) is 12.7. The lowest BCUT2D eigenvalue weighted by atomic mass is 10.1. The summed E-state index contributed by atoms with van der Waals surface area (Å²) in [5.41, 5.74) is 1.67. The van der Waals surface area contributed by atoms with Crippen molar-refractivity contribution in [3.63, 3.8) is 0 Å². The van der Waals surface area contributed by atoms with Gasteiger partial charge in [0.2, 0.25) is 5.91 Å². The second-order valence-corrected chi connectivity index (χ2v) is 6.00. The van der Waals surface area contributed by atoms with Crippen LogP contribution in [0.5, 0.6) is 0 Å². The highest BCUT2D eigenvalue weighted by Crippen LogP contribution is 2.16. The average molecular weight is 358 g/mol. The maximum Gasteiger partial charge on any atom is 0.326 e. The number of hydrogen-bond acceptors (Lipinski definition) is 2. The van der Waals surface area contributed by atoms with Gasteiger partial charge in [0, 0.05) is 23.7 Å². The molecule has 0 radical (unpaired) electrons. The Morgan fingerprint density at radius 3 is 2.42 bits per heavy atom. The number of aromatic amines is 1. The van der Waals surface area contributed by atoms with Gasteiger partial charge in [0.05, 0.1) is 6.42 Å². The molecule has 1 atom stereocenters. The molecule has 134 valence electrons. The molecule has 7 heteroatoms. The highest BCUT2D eigenvalue weighted by atomic mass is 19.1. The Morgan fingerprint density at radius 2 is 1.77 bits per heavy atom. The van der Waals surface area contributed by atoms with Gasteiger partial charge in [-0.1, -0.05) is 18.2 Å². The summed E-state index contributed by atoms with van der Waals surface area (Å²) in [5.74, 6) is -3.40. The Balaban J connectivity index is 1.69. The number of benzene rings is 2. The van der Waals surface area contributed by atoms with E-state index in [0.29, 0.717) is 11.8 Å². The number of aliphatic carboxylic acids is 1. The summed E-state index contributed by atoms with van der Waals surface area (Å²) in [4.78, 5) is 26.7. The molecule has 26 heavy (non-hydrogen) atoms. The van der Waals surface area contributed by atoms with Crippen molar-refractivity contribution in [3.8, 4) is 0 Å². The van der Waals surface area contributed by atoms with Crippen molar-refractivity contribution in [3.05, 3.63) is 71.4 Å². The number of carboxylic acid groups (broad SMARTS) is 1. The molecule has 5 nitrogen and oxygen atoms in total. The molecule has 0 saturated carbocycles. The van der Waals surface area contributed by atoms with Gasteiger partial charge in [-0.25, -0.2) is 13.6 Å². The second-order valence-electron chi connectivity index (χ2n) is 6.00. The molecular formula is C19H16F2N2O3. The van der Waals surface area contributed by atoms with Crippen LogP contribution >= 0.6 is 0 Å². The van der Waals surface area contributed by atoms with Gasteiger partial charge in [0.15, 0.2) is 0 Å². The van der Waals surface area contributed by atoms with Crippen LogP contribution in [0.1, 0.15) is 11.3 Å². The minimum Gasteiger partial charge on any atom is -0.480 e. The molecule has 0 saturated heterocycles. The van der Waals surface area contributed by atoms with Gasteiger partial charge in [-0.15, -0.1) is 0 Å². The zero-order valence-corrected chi connectivity index (χ0v) is 13.6. The molecular weight excluding hydrogens is 342 g/mol. The molecule has 0 aliphatic heterocycles. The van der Waals surface area contributed by atoms with E-state index in [2.05, 4.69) is 10.3 Å². The molecule has 0 unspecified atom stereocenters. The van der Waals surface area contributed by atoms with Crippen molar-refractivity contribution < 1.29 is 23.5 Å². The van der Waals surface area contributed by atoms with Crippen LogP contribution in [0.4, 0.5) is 8.78 Å². The van der Waals surface area contributed by atoms with Gasteiger partial charge >= 0.3 is 5.97 Å². The second kappa shape index (κ2) is 7.35. The molecule has 0 fully saturated rings. The van der Waals surface area contributed by atoms with Crippen molar-refractivity contribution in [1.29, 1.82) is 0 Å². The van der Waals surface area contributed by atoms with Crippen LogP contribution in [0.2, 0.25) is 0 Å². The van der Waals surface area contributed by atoms with E-state index in [1.807, 2.05) is 30.3 Å². The zero-order chi connectivity index (χ0) is 18.7. The largest absolute Gasteiger partial charge is 0.480 e. The van der Waals surface area contributed by atoms with E-state index < -0.39 is 29.6 Å². The minimum atomic E-state index is -1.19. The zero-order valence-electron chi connectivity index (χ0n) is 13.6. The highest BCUT2D eigenvalue weighted by Gasteiger charge is 2.21. The first kappa shape index (κ1) is 17.6. The predicted octanol–water partition coefficient (Wildman–Crippen LogP) is 2.80. The Bertz CT molecular complexity index is 915. The number of nitrogens with one attached hydrogen (secondary N) is 2. The number of amides is 1. The SMILES string of the molecule is O=C(Cc1cc(F)cc(F)c1)N[C@@H](Cc1cc2ccccc2[nH]1)C(=O)O. The van der Waals surface area contributed by atoms with E-state index in [1.54, 1.807) is 0 Å². The molecule has 0 aliphatic rings. The van der Waals surface area contributed by atoms with E-state index in [9.17, 15) is 23.5 Å². The van der Waals surface area contributed by atoms with E-state index in [1.165, 1.54) is 0 Å². The first-order chi connectivity index (χ1) is 12.4. The van der Waals surface area contributed by atoms with Gasteiger partial charge in [-0.3, -0.25) is 4.79 Å². The summed E-state index contributed by atoms with van der Waals surface area (Å²) in [6.45, 7) is 0. The van der Waals surface area contributed by atoms with Crippen LogP contribution in [0, 0.1) is 11.6 Å². The third-order valence-electron chi connectivity index (χ3n) is 3.93.